The molecule has 48 heavy (non-hydrogen) atoms. The summed E-state index contributed by atoms with van der Waals surface area (Å²) < 4.78 is 16.5. The molecule has 0 aromatic rings. The third-order valence-electron chi connectivity index (χ3n) is 8.68. The summed E-state index contributed by atoms with van der Waals surface area (Å²) in [5, 5.41) is 0. The molecule has 0 heterocycles. The fourth-order valence-corrected chi connectivity index (χ4v) is 5.54. The third kappa shape index (κ3) is 35.2. The minimum atomic E-state index is -0.779. The van der Waals surface area contributed by atoms with Crippen LogP contribution in [0.2, 0.25) is 0 Å². The van der Waals surface area contributed by atoms with E-state index < -0.39 is 6.10 Å². The highest BCUT2D eigenvalue weighted by Gasteiger charge is 2.19. The van der Waals surface area contributed by atoms with Crippen molar-refractivity contribution in [2.45, 2.75) is 213 Å². The first-order valence-corrected chi connectivity index (χ1v) is 20.3. The number of esters is 3. The van der Waals surface area contributed by atoms with Crippen LogP contribution in [0.1, 0.15) is 207 Å². The highest BCUT2D eigenvalue weighted by molar-refractivity contribution is 5.71. The van der Waals surface area contributed by atoms with Gasteiger partial charge in [0.25, 0.3) is 0 Å². The molecular formula is C42H76O6. The smallest absolute Gasteiger partial charge is 0.306 e. The first kappa shape index (κ1) is 45.9. The van der Waals surface area contributed by atoms with E-state index in [1.165, 1.54) is 89.9 Å². The molecule has 6 heteroatoms. The molecule has 0 aliphatic carbocycles. The van der Waals surface area contributed by atoms with Crippen molar-refractivity contribution >= 4 is 17.9 Å². The predicted molar refractivity (Wildman–Crippen MR) is 201 cm³/mol. The summed E-state index contributed by atoms with van der Waals surface area (Å²) >= 11 is 0. The Morgan fingerprint density at radius 1 is 0.396 bits per heavy atom. The lowest BCUT2D eigenvalue weighted by molar-refractivity contribution is -0.167. The van der Waals surface area contributed by atoms with Gasteiger partial charge in [0, 0.05) is 19.3 Å². The number of rotatable bonds is 36. The molecule has 0 N–H and O–H groups in total. The second-order valence-corrected chi connectivity index (χ2v) is 13.5. The summed E-state index contributed by atoms with van der Waals surface area (Å²) in [5.41, 5.74) is 0. The second-order valence-electron chi connectivity index (χ2n) is 13.5. The highest BCUT2D eigenvalue weighted by atomic mass is 16.6. The van der Waals surface area contributed by atoms with Crippen LogP contribution in [0.5, 0.6) is 0 Å². The van der Waals surface area contributed by atoms with Gasteiger partial charge in [-0.15, -0.1) is 0 Å². The van der Waals surface area contributed by atoms with Crippen molar-refractivity contribution in [2.75, 3.05) is 13.2 Å². The van der Waals surface area contributed by atoms with Crippen molar-refractivity contribution in [2.24, 2.45) is 0 Å². The fraction of sp³-hybridized carbons (Fsp3) is 0.833. The Bertz CT molecular complexity index is 789. The van der Waals surface area contributed by atoms with Crippen LogP contribution in [-0.4, -0.2) is 37.2 Å². The van der Waals surface area contributed by atoms with Crippen molar-refractivity contribution in [1.29, 1.82) is 0 Å². The molecule has 1 atom stereocenters. The maximum Gasteiger partial charge on any atom is 0.306 e. The normalized spacial score (nSPS) is 12.1. The van der Waals surface area contributed by atoms with Crippen LogP contribution in [0, 0.1) is 0 Å². The van der Waals surface area contributed by atoms with Crippen molar-refractivity contribution in [3.63, 3.8) is 0 Å². The van der Waals surface area contributed by atoms with E-state index in [1.54, 1.807) is 0 Å². The zero-order valence-corrected chi connectivity index (χ0v) is 31.8. The molecule has 0 radical (unpaired) electrons. The van der Waals surface area contributed by atoms with Crippen LogP contribution in [0.25, 0.3) is 0 Å². The molecule has 0 rings (SSSR count). The van der Waals surface area contributed by atoms with E-state index in [4.69, 9.17) is 14.2 Å². The average molecular weight is 677 g/mol. The van der Waals surface area contributed by atoms with Gasteiger partial charge in [-0.3, -0.25) is 14.4 Å². The molecule has 0 bridgehead atoms. The molecule has 0 saturated heterocycles. The van der Waals surface area contributed by atoms with Gasteiger partial charge in [-0.05, 0) is 57.8 Å². The Morgan fingerprint density at radius 3 is 1.21 bits per heavy atom. The monoisotopic (exact) mass is 677 g/mol. The lowest BCUT2D eigenvalue weighted by atomic mass is 10.1. The topological polar surface area (TPSA) is 78.9 Å². The molecule has 0 aromatic heterocycles. The molecule has 0 aliphatic heterocycles. The first-order valence-electron chi connectivity index (χ1n) is 20.3. The average Bonchev–Trinajstić information content (AvgIpc) is 3.08. The summed E-state index contributed by atoms with van der Waals surface area (Å²) in [7, 11) is 0. The van der Waals surface area contributed by atoms with Crippen LogP contribution in [0.3, 0.4) is 0 Å². The van der Waals surface area contributed by atoms with Crippen molar-refractivity contribution < 1.29 is 28.6 Å². The van der Waals surface area contributed by atoms with E-state index in [-0.39, 0.29) is 31.1 Å². The summed E-state index contributed by atoms with van der Waals surface area (Å²) in [5.74, 6) is -0.937. The molecular weight excluding hydrogens is 600 g/mol. The fourth-order valence-electron chi connectivity index (χ4n) is 5.54. The Balaban J connectivity index is 4.40. The van der Waals surface area contributed by atoms with Crippen LogP contribution in [-0.2, 0) is 28.6 Å². The van der Waals surface area contributed by atoms with Gasteiger partial charge in [-0.25, -0.2) is 0 Å². The quantitative estimate of drug-likeness (QED) is 0.0284. The van der Waals surface area contributed by atoms with E-state index in [1.807, 2.05) is 0 Å². The van der Waals surface area contributed by atoms with Gasteiger partial charge in [-0.2, -0.15) is 0 Å². The van der Waals surface area contributed by atoms with Gasteiger partial charge < -0.3 is 14.2 Å². The van der Waals surface area contributed by atoms with Gasteiger partial charge in [0.2, 0.25) is 0 Å². The van der Waals surface area contributed by atoms with Gasteiger partial charge >= 0.3 is 17.9 Å². The van der Waals surface area contributed by atoms with Gasteiger partial charge in [0.05, 0.1) is 0 Å². The second kappa shape index (κ2) is 37.7. The molecule has 0 aliphatic rings. The number of unbranched alkanes of at least 4 members (excludes halogenated alkanes) is 21. The van der Waals surface area contributed by atoms with Crippen LogP contribution < -0.4 is 0 Å². The minimum absolute atomic E-state index is 0.0823. The zero-order valence-electron chi connectivity index (χ0n) is 31.8. The highest BCUT2D eigenvalue weighted by Crippen LogP contribution is 2.13. The summed E-state index contributed by atoms with van der Waals surface area (Å²) in [6, 6.07) is 0. The molecule has 0 aromatic carbocycles. The van der Waals surface area contributed by atoms with Crippen molar-refractivity contribution in [3.8, 4) is 0 Å². The van der Waals surface area contributed by atoms with Gasteiger partial charge in [0.15, 0.2) is 6.10 Å². The lowest BCUT2D eigenvalue weighted by Crippen LogP contribution is -2.30. The third-order valence-corrected chi connectivity index (χ3v) is 8.68. The molecule has 0 saturated carbocycles. The van der Waals surface area contributed by atoms with Crippen LogP contribution >= 0.6 is 0 Å². The standard InChI is InChI=1S/C42H76O6/c1-4-7-10-13-16-19-21-24-26-29-32-35-41(44)47-38-39(37-46-40(43)34-31-28-25-22-18-15-12-9-6-3)48-42(45)36-33-30-27-23-20-17-14-11-8-5-2/h14,17,22,25,39H,4-13,15-16,18-21,23-24,26-38H2,1-3H3/b17-14-,25-22-. The molecule has 280 valence electrons. The minimum Gasteiger partial charge on any atom is -0.462 e. The van der Waals surface area contributed by atoms with Crippen LogP contribution in [0.15, 0.2) is 24.3 Å². The first-order chi connectivity index (χ1) is 23.5. The Hall–Kier alpha value is -2.11. The Kier molecular flexibility index (Phi) is 36.0. The Labute approximate surface area is 296 Å². The summed E-state index contributed by atoms with van der Waals surface area (Å²) in [6.45, 7) is 6.50. The number of carbonyl (C=O) groups is 3. The number of carbonyl (C=O) groups excluding carboxylic acids is 3. The van der Waals surface area contributed by atoms with Gasteiger partial charge in [0.1, 0.15) is 13.2 Å². The number of hydrogen-bond donors (Lipinski definition) is 0. The van der Waals surface area contributed by atoms with E-state index in [0.29, 0.717) is 19.3 Å². The number of allylic oxidation sites excluding steroid dienone is 4. The number of ether oxygens (including phenoxy) is 3. The summed E-state index contributed by atoms with van der Waals surface area (Å²) in [4.78, 5) is 37.4. The summed E-state index contributed by atoms with van der Waals surface area (Å²) in [6.07, 6.45) is 38.8. The lowest BCUT2D eigenvalue weighted by Gasteiger charge is -2.18. The van der Waals surface area contributed by atoms with E-state index in [9.17, 15) is 14.4 Å². The maximum absolute atomic E-state index is 12.6. The van der Waals surface area contributed by atoms with Crippen LogP contribution in [0.4, 0.5) is 0 Å². The predicted octanol–water partition coefficient (Wildman–Crippen LogP) is 12.5. The molecule has 0 amide bonds. The molecule has 1 unspecified atom stereocenters. The number of hydrogen-bond acceptors (Lipinski definition) is 6. The largest absolute Gasteiger partial charge is 0.462 e. The van der Waals surface area contributed by atoms with Gasteiger partial charge in [-0.1, -0.05) is 154 Å². The van der Waals surface area contributed by atoms with E-state index >= 15 is 0 Å². The maximum atomic E-state index is 12.6. The van der Waals surface area contributed by atoms with E-state index in [2.05, 4.69) is 45.1 Å². The Morgan fingerprint density at radius 2 is 0.729 bits per heavy atom. The molecule has 6 nitrogen and oxygen atoms in total. The molecule has 0 fully saturated rings. The SMILES string of the molecule is CCCC/C=C\CCCCCCC(=O)OC(COC(=O)CCC/C=C\CCCCCC)COC(=O)CCCCCCCCCCCCC. The van der Waals surface area contributed by atoms with E-state index in [0.717, 1.165) is 77.0 Å². The zero-order chi connectivity index (χ0) is 35.2. The molecule has 0 spiro atoms. The van der Waals surface area contributed by atoms with Crippen molar-refractivity contribution in [3.05, 3.63) is 24.3 Å². The van der Waals surface area contributed by atoms with Crippen molar-refractivity contribution in [1.82, 2.24) is 0 Å².